The van der Waals surface area contributed by atoms with Gasteiger partial charge in [0.1, 0.15) is 5.82 Å². The molecular weight excluding hydrogens is 401 g/mol. The second-order valence-electron chi connectivity index (χ2n) is 8.14. The van der Waals surface area contributed by atoms with Crippen molar-refractivity contribution in [2.45, 2.75) is 18.9 Å². The topological polar surface area (TPSA) is 78.8 Å². The highest BCUT2D eigenvalue weighted by atomic mass is 19.1. The molecule has 0 radical (unpaired) electrons. The fourth-order valence-corrected chi connectivity index (χ4v) is 4.20. The molecule has 2 N–H and O–H groups in total. The van der Waals surface area contributed by atoms with E-state index in [1.807, 2.05) is 18.2 Å². The largest absolute Gasteiger partial charge is 0.370 e. The second kappa shape index (κ2) is 8.37. The van der Waals surface area contributed by atoms with Crippen LogP contribution in [-0.4, -0.2) is 29.1 Å². The SMILES string of the molecule is N#Cc1ccc(-c2nc3cc(N4CCC[C@H](N)C4)ccc3nc2-c2ccc(F)cc2)cc1. The maximum absolute atomic E-state index is 13.5. The Morgan fingerprint density at radius 1 is 0.906 bits per heavy atom. The minimum atomic E-state index is -0.299. The molecule has 1 fully saturated rings. The van der Waals surface area contributed by atoms with Crippen LogP contribution in [0.15, 0.2) is 66.7 Å². The zero-order valence-corrected chi connectivity index (χ0v) is 17.5. The summed E-state index contributed by atoms with van der Waals surface area (Å²) in [5.41, 5.74) is 12.4. The lowest BCUT2D eigenvalue weighted by molar-refractivity contribution is 0.506. The molecular formula is C26H22FN5. The highest BCUT2D eigenvalue weighted by molar-refractivity contribution is 5.88. The van der Waals surface area contributed by atoms with Crippen molar-refractivity contribution in [1.82, 2.24) is 9.97 Å². The van der Waals surface area contributed by atoms with Gasteiger partial charge in [0, 0.05) is 35.9 Å². The number of hydrogen-bond donors (Lipinski definition) is 1. The summed E-state index contributed by atoms with van der Waals surface area (Å²) in [5, 5.41) is 9.14. The van der Waals surface area contributed by atoms with E-state index in [0.717, 1.165) is 53.8 Å². The number of halogens is 1. The molecule has 0 amide bonds. The van der Waals surface area contributed by atoms with Gasteiger partial charge in [0.15, 0.2) is 0 Å². The Morgan fingerprint density at radius 3 is 2.22 bits per heavy atom. The lowest BCUT2D eigenvalue weighted by atomic mass is 10.0. The van der Waals surface area contributed by atoms with E-state index in [-0.39, 0.29) is 11.9 Å². The van der Waals surface area contributed by atoms with Crippen molar-refractivity contribution in [3.05, 3.63) is 78.1 Å². The highest BCUT2D eigenvalue weighted by Crippen LogP contribution is 2.32. The van der Waals surface area contributed by atoms with Gasteiger partial charge >= 0.3 is 0 Å². The van der Waals surface area contributed by atoms with E-state index < -0.39 is 0 Å². The molecule has 4 aromatic rings. The van der Waals surface area contributed by atoms with Crippen LogP contribution in [0.2, 0.25) is 0 Å². The third-order valence-electron chi connectivity index (χ3n) is 5.88. The Bertz CT molecular complexity index is 1310. The Balaban J connectivity index is 1.66. The van der Waals surface area contributed by atoms with Crippen LogP contribution in [0.1, 0.15) is 18.4 Å². The monoisotopic (exact) mass is 423 g/mol. The smallest absolute Gasteiger partial charge is 0.123 e. The van der Waals surface area contributed by atoms with Crippen molar-refractivity contribution in [2.75, 3.05) is 18.0 Å². The first kappa shape index (κ1) is 20.1. The van der Waals surface area contributed by atoms with Gasteiger partial charge in [-0.2, -0.15) is 5.26 Å². The van der Waals surface area contributed by atoms with Gasteiger partial charge in [0.05, 0.1) is 34.1 Å². The van der Waals surface area contributed by atoms with Crippen molar-refractivity contribution in [1.29, 1.82) is 5.26 Å². The Kier molecular flexibility index (Phi) is 5.26. The maximum Gasteiger partial charge on any atom is 0.123 e. The first-order chi connectivity index (χ1) is 15.6. The maximum atomic E-state index is 13.5. The van der Waals surface area contributed by atoms with Gasteiger partial charge in [-0.15, -0.1) is 0 Å². The van der Waals surface area contributed by atoms with E-state index in [4.69, 9.17) is 21.0 Å². The quantitative estimate of drug-likeness (QED) is 0.507. The first-order valence-corrected chi connectivity index (χ1v) is 10.7. The van der Waals surface area contributed by atoms with Crippen LogP contribution >= 0.6 is 0 Å². The summed E-state index contributed by atoms with van der Waals surface area (Å²) < 4.78 is 13.5. The summed E-state index contributed by atoms with van der Waals surface area (Å²) in [5.74, 6) is -0.299. The zero-order valence-electron chi connectivity index (χ0n) is 17.5. The Morgan fingerprint density at radius 2 is 1.56 bits per heavy atom. The molecule has 6 heteroatoms. The van der Waals surface area contributed by atoms with E-state index in [1.54, 1.807) is 24.3 Å². The van der Waals surface area contributed by atoms with Crippen LogP contribution in [0.3, 0.4) is 0 Å². The molecule has 1 aliphatic heterocycles. The lowest BCUT2D eigenvalue weighted by Crippen LogP contribution is -2.42. The molecule has 1 saturated heterocycles. The molecule has 0 bridgehead atoms. The number of anilines is 1. The average Bonchev–Trinajstić information content (AvgIpc) is 2.83. The Hall–Kier alpha value is -3.82. The van der Waals surface area contributed by atoms with E-state index in [2.05, 4.69) is 23.1 Å². The molecule has 0 unspecified atom stereocenters. The van der Waals surface area contributed by atoms with Crippen molar-refractivity contribution in [3.8, 4) is 28.6 Å². The molecule has 3 aromatic carbocycles. The van der Waals surface area contributed by atoms with E-state index in [9.17, 15) is 4.39 Å². The summed E-state index contributed by atoms with van der Waals surface area (Å²) in [6.07, 6.45) is 2.12. The van der Waals surface area contributed by atoms with Crippen molar-refractivity contribution in [2.24, 2.45) is 5.73 Å². The number of fused-ring (bicyclic) bond motifs is 1. The summed E-state index contributed by atoms with van der Waals surface area (Å²) >= 11 is 0. The predicted octanol–water partition coefficient (Wildman–Crippen LogP) is 4.90. The van der Waals surface area contributed by atoms with Crippen LogP contribution < -0.4 is 10.6 Å². The van der Waals surface area contributed by atoms with Crippen LogP contribution in [0, 0.1) is 17.1 Å². The molecule has 5 rings (SSSR count). The van der Waals surface area contributed by atoms with Crippen molar-refractivity contribution >= 4 is 16.7 Å². The number of nitrogens with two attached hydrogens (primary N) is 1. The average molecular weight is 423 g/mol. The number of nitriles is 1. The molecule has 5 nitrogen and oxygen atoms in total. The van der Waals surface area contributed by atoms with Crippen molar-refractivity contribution in [3.63, 3.8) is 0 Å². The van der Waals surface area contributed by atoms with Gasteiger partial charge in [-0.1, -0.05) is 12.1 Å². The Labute approximate surface area is 186 Å². The van der Waals surface area contributed by atoms with E-state index in [0.29, 0.717) is 17.0 Å². The number of piperidine rings is 1. The molecule has 1 aromatic heterocycles. The number of aromatic nitrogens is 2. The van der Waals surface area contributed by atoms with Gasteiger partial charge in [-0.3, -0.25) is 0 Å². The van der Waals surface area contributed by atoms with Gasteiger partial charge in [0.2, 0.25) is 0 Å². The minimum absolute atomic E-state index is 0.181. The predicted molar refractivity (Wildman–Crippen MR) is 125 cm³/mol. The normalized spacial score (nSPS) is 16.2. The van der Waals surface area contributed by atoms with Gasteiger partial charge in [-0.25, -0.2) is 14.4 Å². The van der Waals surface area contributed by atoms with Gasteiger partial charge in [-0.05, 0) is 67.4 Å². The molecule has 32 heavy (non-hydrogen) atoms. The summed E-state index contributed by atoms with van der Waals surface area (Å²) in [6, 6.07) is 22.0. The molecule has 0 spiro atoms. The van der Waals surface area contributed by atoms with E-state index >= 15 is 0 Å². The first-order valence-electron chi connectivity index (χ1n) is 10.7. The number of hydrogen-bond acceptors (Lipinski definition) is 5. The van der Waals surface area contributed by atoms with Crippen LogP contribution in [0.25, 0.3) is 33.5 Å². The number of rotatable bonds is 3. The summed E-state index contributed by atoms with van der Waals surface area (Å²) in [6.45, 7) is 1.80. The third kappa shape index (κ3) is 3.91. The molecule has 0 aliphatic carbocycles. The van der Waals surface area contributed by atoms with Gasteiger partial charge in [0.25, 0.3) is 0 Å². The third-order valence-corrected chi connectivity index (χ3v) is 5.88. The van der Waals surface area contributed by atoms with Crippen LogP contribution in [0.4, 0.5) is 10.1 Å². The van der Waals surface area contributed by atoms with Crippen LogP contribution in [-0.2, 0) is 0 Å². The number of benzene rings is 3. The minimum Gasteiger partial charge on any atom is -0.370 e. The van der Waals surface area contributed by atoms with Crippen molar-refractivity contribution < 1.29 is 4.39 Å². The summed E-state index contributed by atoms with van der Waals surface area (Å²) in [4.78, 5) is 12.2. The molecule has 158 valence electrons. The molecule has 1 atom stereocenters. The van der Waals surface area contributed by atoms with Crippen LogP contribution in [0.5, 0.6) is 0 Å². The fraction of sp³-hybridized carbons (Fsp3) is 0.192. The zero-order chi connectivity index (χ0) is 22.1. The second-order valence-corrected chi connectivity index (χ2v) is 8.14. The highest BCUT2D eigenvalue weighted by Gasteiger charge is 2.19. The molecule has 0 saturated carbocycles. The molecule has 2 heterocycles. The molecule has 1 aliphatic rings. The lowest BCUT2D eigenvalue weighted by Gasteiger charge is -2.32. The fourth-order valence-electron chi connectivity index (χ4n) is 4.20. The van der Waals surface area contributed by atoms with Gasteiger partial charge < -0.3 is 10.6 Å². The number of nitrogens with zero attached hydrogens (tertiary/aromatic N) is 4. The standard InChI is InChI=1S/C26H22FN5/c27-20-9-7-19(8-10-20)25-26(18-5-3-17(15-28)4-6-18)31-24-14-22(11-12-23(24)30-25)32-13-1-2-21(29)16-32/h3-12,14,21H,1-2,13,16,29H2/t21-/m0/s1. The van der Waals surface area contributed by atoms with E-state index in [1.165, 1.54) is 12.1 Å². The summed E-state index contributed by atoms with van der Waals surface area (Å²) in [7, 11) is 0.